The van der Waals surface area contributed by atoms with Gasteiger partial charge in [-0.15, -0.1) is 0 Å². The minimum absolute atomic E-state index is 0.188. The average Bonchev–Trinajstić information content (AvgIpc) is 3.19. The first-order valence-electron chi connectivity index (χ1n) is 8.63. The Morgan fingerprint density at radius 2 is 1.81 bits per heavy atom. The monoisotopic (exact) mass is 352 g/mol. The number of amides is 1. The summed E-state index contributed by atoms with van der Waals surface area (Å²) < 4.78 is 0. The van der Waals surface area contributed by atoms with Crippen molar-refractivity contribution in [1.29, 1.82) is 5.26 Å². The number of benzene rings is 2. The maximum Gasteiger partial charge on any atom is 0.274 e. The van der Waals surface area contributed by atoms with Crippen molar-refractivity contribution >= 4 is 11.6 Å². The van der Waals surface area contributed by atoms with Gasteiger partial charge in [0, 0.05) is 29.9 Å². The van der Waals surface area contributed by atoms with Crippen LogP contribution in [0.4, 0.5) is 0 Å². The Bertz CT molecular complexity index is 1040. The van der Waals surface area contributed by atoms with Crippen LogP contribution >= 0.6 is 0 Å². The van der Waals surface area contributed by atoms with E-state index in [1.807, 2.05) is 48.5 Å². The summed E-state index contributed by atoms with van der Waals surface area (Å²) in [5.41, 5.74) is 3.57. The fraction of sp³-hybridized carbons (Fsp3) is 0.0909. The minimum atomic E-state index is -0.330. The van der Waals surface area contributed by atoms with Gasteiger partial charge in [-0.1, -0.05) is 42.5 Å². The normalized spacial score (nSPS) is 15.9. The molecule has 0 aliphatic carbocycles. The molecule has 0 saturated carbocycles. The van der Waals surface area contributed by atoms with Crippen LogP contribution in [0.3, 0.4) is 0 Å². The highest BCUT2D eigenvalue weighted by atomic mass is 16.2. The third-order valence-corrected chi connectivity index (χ3v) is 4.57. The second-order valence-electron chi connectivity index (χ2n) is 6.22. The molecule has 27 heavy (non-hydrogen) atoms. The van der Waals surface area contributed by atoms with E-state index in [1.54, 1.807) is 30.6 Å². The molecule has 0 spiro atoms. The van der Waals surface area contributed by atoms with Gasteiger partial charge in [0.15, 0.2) is 0 Å². The Morgan fingerprint density at radius 3 is 2.56 bits per heavy atom. The number of hydrazone groups is 1. The van der Waals surface area contributed by atoms with E-state index in [4.69, 9.17) is 0 Å². The van der Waals surface area contributed by atoms with E-state index in [1.165, 1.54) is 5.01 Å². The summed E-state index contributed by atoms with van der Waals surface area (Å²) in [6.07, 6.45) is 3.97. The van der Waals surface area contributed by atoms with Gasteiger partial charge in [0.25, 0.3) is 5.91 Å². The Balaban J connectivity index is 1.78. The molecule has 2 aromatic carbocycles. The summed E-state index contributed by atoms with van der Waals surface area (Å²) >= 11 is 0. The Labute approximate surface area is 157 Å². The lowest BCUT2D eigenvalue weighted by Crippen LogP contribution is -2.27. The molecule has 5 nitrogen and oxygen atoms in total. The van der Waals surface area contributed by atoms with Crippen LogP contribution in [0.1, 0.15) is 39.5 Å². The second kappa shape index (κ2) is 7.22. The van der Waals surface area contributed by atoms with Crippen LogP contribution in [-0.2, 0) is 0 Å². The van der Waals surface area contributed by atoms with Crippen LogP contribution in [0.2, 0.25) is 0 Å². The molecule has 130 valence electrons. The number of carbonyl (C=O) groups is 1. The molecule has 0 bridgehead atoms. The topological polar surface area (TPSA) is 69.3 Å². The van der Waals surface area contributed by atoms with Crippen molar-refractivity contribution in [2.24, 2.45) is 5.10 Å². The zero-order chi connectivity index (χ0) is 18.6. The lowest BCUT2D eigenvalue weighted by molar-refractivity contribution is 0.0711. The zero-order valence-corrected chi connectivity index (χ0v) is 14.5. The highest BCUT2D eigenvalue weighted by molar-refractivity contribution is 6.04. The van der Waals surface area contributed by atoms with Gasteiger partial charge in [0.1, 0.15) is 0 Å². The van der Waals surface area contributed by atoms with Crippen LogP contribution in [0, 0.1) is 11.3 Å². The molecule has 1 atom stereocenters. The van der Waals surface area contributed by atoms with Gasteiger partial charge in [-0.25, -0.2) is 5.01 Å². The Hall–Kier alpha value is -3.78. The van der Waals surface area contributed by atoms with Crippen molar-refractivity contribution in [3.05, 3.63) is 101 Å². The summed E-state index contributed by atoms with van der Waals surface area (Å²) in [4.78, 5) is 17.3. The summed E-state index contributed by atoms with van der Waals surface area (Å²) in [5, 5.41) is 15.6. The smallest absolute Gasteiger partial charge is 0.267 e. The van der Waals surface area contributed by atoms with Crippen LogP contribution in [-0.4, -0.2) is 21.6 Å². The van der Waals surface area contributed by atoms with Crippen LogP contribution in [0.25, 0.3) is 0 Å². The lowest BCUT2D eigenvalue weighted by atomic mass is 9.95. The number of nitriles is 1. The molecule has 1 aliphatic rings. The summed E-state index contributed by atoms with van der Waals surface area (Å²) in [6.45, 7) is 0. The molecule has 1 aliphatic heterocycles. The number of hydrogen-bond acceptors (Lipinski definition) is 4. The van der Waals surface area contributed by atoms with Crippen LogP contribution in [0.5, 0.6) is 0 Å². The molecule has 0 fully saturated rings. The quantitative estimate of drug-likeness (QED) is 0.717. The van der Waals surface area contributed by atoms with E-state index >= 15 is 0 Å². The summed E-state index contributed by atoms with van der Waals surface area (Å²) in [6, 6.07) is 22.1. The van der Waals surface area contributed by atoms with E-state index in [-0.39, 0.29) is 11.9 Å². The maximum absolute atomic E-state index is 13.1. The highest BCUT2D eigenvalue weighted by Crippen LogP contribution is 2.35. The van der Waals surface area contributed by atoms with Crippen LogP contribution in [0.15, 0.2) is 84.2 Å². The van der Waals surface area contributed by atoms with Crippen molar-refractivity contribution in [3.63, 3.8) is 0 Å². The first-order chi connectivity index (χ1) is 13.3. The molecule has 0 N–H and O–H groups in total. The molecule has 1 amide bonds. The van der Waals surface area contributed by atoms with E-state index in [9.17, 15) is 10.1 Å². The number of hydrogen-bond donors (Lipinski definition) is 0. The standard InChI is InChI=1S/C22H16N4O/c23-14-17-9-4-5-11-19(17)21-13-20(18-10-6-12-24-15-18)25-26(21)22(27)16-7-2-1-3-8-16/h1-12,15,21H,13H2. The maximum atomic E-state index is 13.1. The SMILES string of the molecule is N#Cc1ccccc1C1CC(c2cccnc2)=NN1C(=O)c1ccccc1. The predicted octanol–water partition coefficient (Wildman–Crippen LogP) is 3.94. The summed E-state index contributed by atoms with van der Waals surface area (Å²) in [7, 11) is 0. The van der Waals surface area contributed by atoms with E-state index < -0.39 is 0 Å². The molecule has 2 heterocycles. The number of carbonyl (C=O) groups excluding carboxylic acids is 1. The molecule has 1 aromatic heterocycles. The number of aromatic nitrogens is 1. The van der Waals surface area contributed by atoms with Crippen molar-refractivity contribution in [3.8, 4) is 6.07 Å². The Morgan fingerprint density at radius 1 is 1.04 bits per heavy atom. The summed E-state index contributed by atoms with van der Waals surface area (Å²) in [5.74, 6) is -0.188. The van der Waals surface area contributed by atoms with Crippen molar-refractivity contribution in [2.45, 2.75) is 12.5 Å². The van der Waals surface area contributed by atoms with Gasteiger partial charge in [-0.2, -0.15) is 10.4 Å². The molecule has 0 saturated heterocycles. The fourth-order valence-electron chi connectivity index (χ4n) is 3.25. The van der Waals surface area contributed by atoms with E-state index in [0.717, 1.165) is 16.8 Å². The first kappa shape index (κ1) is 16.7. The largest absolute Gasteiger partial charge is 0.274 e. The number of nitrogens with zero attached hydrogens (tertiary/aromatic N) is 4. The molecule has 5 heteroatoms. The molecular weight excluding hydrogens is 336 g/mol. The molecule has 4 rings (SSSR count). The highest BCUT2D eigenvalue weighted by Gasteiger charge is 2.34. The van der Waals surface area contributed by atoms with Gasteiger partial charge in [0.2, 0.25) is 0 Å². The fourth-order valence-corrected chi connectivity index (χ4v) is 3.25. The number of rotatable bonds is 3. The first-order valence-corrected chi connectivity index (χ1v) is 8.63. The molecule has 3 aromatic rings. The van der Waals surface area contributed by atoms with Gasteiger partial charge in [0.05, 0.1) is 23.4 Å². The minimum Gasteiger partial charge on any atom is -0.267 e. The average molecular weight is 352 g/mol. The molecule has 0 radical (unpaired) electrons. The number of pyridine rings is 1. The van der Waals surface area contributed by atoms with Crippen molar-refractivity contribution < 1.29 is 4.79 Å². The van der Waals surface area contributed by atoms with Gasteiger partial charge in [-0.3, -0.25) is 9.78 Å². The lowest BCUT2D eigenvalue weighted by Gasteiger charge is -2.22. The van der Waals surface area contributed by atoms with Gasteiger partial charge >= 0.3 is 0 Å². The van der Waals surface area contributed by atoms with Crippen LogP contribution < -0.4 is 0 Å². The molecule has 1 unspecified atom stereocenters. The third kappa shape index (κ3) is 3.21. The predicted molar refractivity (Wildman–Crippen MR) is 102 cm³/mol. The van der Waals surface area contributed by atoms with E-state index in [0.29, 0.717) is 17.5 Å². The van der Waals surface area contributed by atoms with E-state index in [2.05, 4.69) is 16.2 Å². The second-order valence-corrected chi connectivity index (χ2v) is 6.22. The third-order valence-electron chi connectivity index (χ3n) is 4.57. The Kier molecular flexibility index (Phi) is 4.46. The van der Waals surface area contributed by atoms with Crippen molar-refractivity contribution in [1.82, 2.24) is 9.99 Å². The van der Waals surface area contributed by atoms with Gasteiger partial charge < -0.3 is 0 Å². The zero-order valence-electron chi connectivity index (χ0n) is 14.5. The molecular formula is C22H16N4O. The van der Waals surface area contributed by atoms with Crippen molar-refractivity contribution in [2.75, 3.05) is 0 Å². The van der Waals surface area contributed by atoms with Gasteiger partial charge in [-0.05, 0) is 29.8 Å².